The second-order valence-electron chi connectivity index (χ2n) is 6.89. The van der Waals surface area contributed by atoms with Crippen LogP contribution in [0.15, 0.2) is 33.8 Å². The fraction of sp³-hybridized carbons (Fsp3) is 0.474. The molecule has 158 valence electrons. The Balaban J connectivity index is 1.79. The lowest BCUT2D eigenvalue weighted by Gasteiger charge is -2.27. The summed E-state index contributed by atoms with van der Waals surface area (Å²) in [6, 6.07) is 5.39. The van der Waals surface area contributed by atoms with Gasteiger partial charge in [0.2, 0.25) is 10.0 Å². The largest absolute Gasteiger partial charge is 0.453 e. The highest BCUT2D eigenvalue weighted by Crippen LogP contribution is 2.39. The number of ether oxygens (including phenoxy) is 1. The molecular formula is C19H24BrN3O4S2. The minimum atomic E-state index is -3.60. The average molecular weight is 502 g/mol. The number of hydrogen-bond acceptors (Lipinski definition) is 6. The highest BCUT2D eigenvalue weighted by atomic mass is 79.9. The number of carbonyl (C=O) groups is 1. The van der Waals surface area contributed by atoms with Crippen LogP contribution in [0, 0.1) is 0 Å². The van der Waals surface area contributed by atoms with E-state index in [1.54, 1.807) is 19.2 Å². The van der Waals surface area contributed by atoms with Crippen LogP contribution in [0.25, 0.3) is 10.4 Å². The van der Waals surface area contributed by atoms with Gasteiger partial charge in [-0.25, -0.2) is 22.9 Å². The van der Waals surface area contributed by atoms with Crippen LogP contribution in [0.3, 0.4) is 0 Å². The monoisotopic (exact) mass is 501 g/mol. The van der Waals surface area contributed by atoms with Crippen molar-refractivity contribution < 1.29 is 17.9 Å². The van der Waals surface area contributed by atoms with E-state index in [9.17, 15) is 13.2 Å². The molecule has 1 fully saturated rings. The third-order valence-electron chi connectivity index (χ3n) is 4.94. The molecule has 2 N–H and O–H groups in total. The first-order valence-corrected chi connectivity index (χ1v) is 12.5. The quantitative estimate of drug-likeness (QED) is 0.616. The lowest BCUT2D eigenvalue weighted by molar-refractivity contribution is 0.162. The molecular weight excluding hydrogens is 478 g/mol. The van der Waals surface area contributed by atoms with E-state index in [0.29, 0.717) is 22.5 Å². The van der Waals surface area contributed by atoms with Gasteiger partial charge in [-0.1, -0.05) is 28.9 Å². The predicted molar refractivity (Wildman–Crippen MR) is 117 cm³/mol. The molecule has 2 aromatic rings. The Morgan fingerprint density at radius 1 is 1.31 bits per heavy atom. The van der Waals surface area contributed by atoms with Crippen molar-refractivity contribution >= 4 is 43.4 Å². The lowest BCUT2D eigenvalue weighted by Crippen LogP contribution is -2.37. The van der Waals surface area contributed by atoms with Gasteiger partial charge in [-0.15, -0.1) is 11.3 Å². The summed E-state index contributed by atoms with van der Waals surface area (Å²) in [5.41, 5.74) is 0.652. The number of methoxy groups -OCH3 is 1. The number of sulfonamides is 1. The second-order valence-corrected chi connectivity index (χ2v) is 10.6. The zero-order valence-electron chi connectivity index (χ0n) is 16.3. The van der Waals surface area contributed by atoms with E-state index in [-0.39, 0.29) is 10.9 Å². The average Bonchev–Trinajstić information content (AvgIpc) is 3.18. The van der Waals surface area contributed by atoms with E-state index in [1.807, 2.05) is 12.1 Å². The molecule has 1 aliphatic carbocycles. The van der Waals surface area contributed by atoms with Gasteiger partial charge in [0.25, 0.3) is 0 Å². The maximum atomic E-state index is 12.6. The molecule has 0 bridgehead atoms. The van der Waals surface area contributed by atoms with Gasteiger partial charge in [-0.3, -0.25) is 0 Å². The van der Waals surface area contributed by atoms with Crippen molar-refractivity contribution in [3.63, 3.8) is 0 Å². The van der Waals surface area contributed by atoms with Crippen LogP contribution >= 0.6 is 27.3 Å². The van der Waals surface area contributed by atoms with Gasteiger partial charge in [0.15, 0.2) is 0 Å². The van der Waals surface area contributed by atoms with E-state index in [2.05, 4.69) is 35.7 Å². The number of amides is 1. The third-order valence-corrected chi connectivity index (χ3v) is 8.21. The molecule has 0 saturated heterocycles. The van der Waals surface area contributed by atoms with E-state index in [0.717, 1.165) is 35.6 Å². The molecule has 0 spiro atoms. The molecule has 1 aromatic carbocycles. The standard InChI is InChI=1S/C19H24BrN3O4S2/c1-3-22-29(25,26)17-10-13(20)6-9-15(17)16-11-21-18(28-16)12-4-7-14(8-5-12)23-19(24)27-2/h6,9-12,14,22H,3-5,7-8H2,1-2H3,(H,23,24)/t12-,14-. The Morgan fingerprint density at radius 2 is 2.03 bits per heavy atom. The lowest BCUT2D eigenvalue weighted by atomic mass is 9.86. The van der Waals surface area contributed by atoms with E-state index in [1.165, 1.54) is 18.4 Å². The number of rotatable bonds is 6. The molecule has 10 heteroatoms. The van der Waals surface area contributed by atoms with Crippen LogP contribution in [-0.4, -0.2) is 39.2 Å². The van der Waals surface area contributed by atoms with Crippen LogP contribution in [0.2, 0.25) is 0 Å². The third kappa shape index (κ3) is 5.36. The van der Waals surface area contributed by atoms with Gasteiger partial charge in [0.1, 0.15) is 0 Å². The van der Waals surface area contributed by atoms with Gasteiger partial charge in [0.05, 0.1) is 21.9 Å². The van der Waals surface area contributed by atoms with Crippen molar-refractivity contribution in [2.75, 3.05) is 13.7 Å². The first-order valence-electron chi connectivity index (χ1n) is 9.43. The van der Waals surface area contributed by atoms with Gasteiger partial charge >= 0.3 is 6.09 Å². The Bertz CT molecular complexity index is 970. The SMILES string of the molecule is CCNS(=O)(=O)c1cc(Br)ccc1-c1cnc([C@H]2CC[C@H](NC(=O)OC)CC2)s1. The van der Waals surface area contributed by atoms with Gasteiger partial charge < -0.3 is 10.1 Å². The summed E-state index contributed by atoms with van der Waals surface area (Å²) in [4.78, 5) is 17.0. The van der Waals surface area contributed by atoms with Gasteiger partial charge in [-0.2, -0.15) is 0 Å². The molecule has 1 aliphatic rings. The van der Waals surface area contributed by atoms with Crippen molar-refractivity contribution in [3.8, 4) is 10.4 Å². The highest BCUT2D eigenvalue weighted by molar-refractivity contribution is 9.10. The minimum absolute atomic E-state index is 0.126. The Morgan fingerprint density at radius 3 is 2.69 bits per heavy atom. The van der Waals surface area contributed by atoms with Crippen LogP contribution < -0.4 is 10.0 Å². The number of thiazole rings is 1. The van der Waals surface area contributed by atoms with Crippen LogP contribution in [0.4, 0.5) is 4.79 Å². The van der Waals surface area contributed by atoms with Crippen molar-refractivity contribution in [3.05, 3.63) is 33.9 Å². The topological polar surface area (TPSA) is 97.4 Å². The summed E-state index contributed by atoms with van der Waals surface area (Å²) in [7, 11) is -2.24. The van der Waals surface area contributed by atoms with Crippen LogP contribution in [0.1, 0.15) is 43.5 Å². The highest BCUT2D eigenvalue weighted by Gasteiger charge is 2.27. The maximum Gasteiger partial charge on any atom is 0.407 e. The molecule has 29 heavy (non-hydrogen) atoms. The van der Waals surface area contributed by atoms with Crippen LogP contribution in [-0.2, 0) is 14.8 Å². The summed E-state index contributed by atoms with van der Waals surface area (Å²) in [6.45, 7) is 2.08. The molecule has 7 nitrogen and oxygen atoms in total. The van der Waals surface area contributed by atoms with E-state index >= 15 is 0 Å². The van der Waals surface area contributed by atoms with Crippen molar-refractivity contribution in [1.82, 2.24) is 15.0 Å². The number of hydrogen-bond donors (Lipinski definition) is 2. The number of carbonyl (C=O) groups excluding carboxylic acids is 1. The predicted octanol–water partition coefficient (Wildman–Crippen LogP) is 4.25. The molecule has 1 saturated carbocycles. The number of alkyl carbamates (subject to hydrolysis) is 1. The van der Waals surface area contributed by atoms with Gasteiger partial charge in [-0.05, 0) is 37.8 Å². The molecule has 0 unspecified atom stereocenters. The molecule has 1 amide bonds. The fourth-order valence-corrected chi connectivity index (χ4v) is 6.49. The molecule has 0 atom stereocenters. The summed E-state index contributed by atoms with van der Waals surface area (Å²) in [5, 5.41) is 3.86. The van der Waals surface area contributed by atoms with Crippen LogP contribution in [0.5, 0.6) is 0 Å². The second kappa shape index (κ2) is 9.55. The molecule has 0 radical (unpaired) electrons. The molecule has 0 aliphatic heterocycles. The molecule has 3 rings (SSSR count). The normalized spacial score (nSPS) is 19.7. The minimum Gasteiger partial charge on any atom is -0.453 e. The Kier molecular flexibility index (Phi) is 7.31. The molecule has 1 heterocycles. The first-order chi connectivity index (χ1) is 13.8. The number of benzene rings is 1. The molecule has 1 aromatic heterocycles. The fourth-order valence-electron chi connectivity index (χ4n) is 3.50. The zero-order valence-corrected chi connectivity index (χ0v) is 19.5. The number of aromatic nitrogens is 1. The Labute approximate surface area is 183 Å². The summed E-state index contributed by atoms with van der Waals surface area (Å²) in [6.07, 6.45) is 4.94. The Hall–Kier alpha value is -1.49. The smallest absolute Gasteiger partial charge is 0.407 e. The van der Waals surface area contributed by atoms with Crippen molar-refractivity contribution in [2.24, 2.45) is 0 Å². The van der Waals surface area contributed by atoms with E-state index in [4.69, 9.17) is 0 Å². The van der Waals surface area contributed by atoms with Gasteiger partial charge in [0, 0.05) is 34.7 Å². The maximum absolute atomic E-state index is 12.6. The van der Waals surface area contributed by atoms with E-state index < -0.39 is 16.1 Å². The number of nitrogens with one attached hydrogen (secondary N) is 2. The van der Waals surface area contributed by atoms with Crippen molar-refractivity contribution in [2.45, 2.75) is 49.5 Å². The summed E-state index contributed by atoms with van der Waals surface area (Å²) < 4.78 is 33.2. The first kappa shape index (κ1) is 22.2. The summed E-state index contributed by atoms with van der Waals surface area (Å²) >= 11 is 4.90. The number of nitrogens with zero attached hydrogens (tertiary/aromatic N) is 1. The summed E-state index contributed by atoms with van der Waals surface area (Å²) in [5.74, 6) is 0.314. The van der Waals surface area contributed by atoms with Crippen molar-refractivity contribution in [1.29, 1.82) is 0 Å². The zero-order chi connectivity index (χ0) is 21.0. The number of halogens is 1.